The lowest BCUT2D eigenvalue weighted by molar-refractivity contribution is -0.145. The Bertz CT molecular complexity index is 640. The van der Waals surface area contributed by atoms with Crippen molar-refractivity contribution in [1.82, 2.24) is 15.2 Å². The van der Waals surface area contributed by atoms with Crippen molar-refractivity contribution in [2.24, 2.45) is 0 Å². The Morgan fingerprint density at radius 3 is 3.18 bits per heavy atom. The zero-order valence-electron chi connectivity index (χ0n) is 12.8. The first kappa shape index (κ1) is 15.0. The van der Waals surface area contributed by atoms with E-state index in [9.17, 15) is 4.79 Å². The molecule has 0 aliphatic carbocycles. The fraction of sp³-hybridized carbons (Fsp3) is 0.562. The fourth-order valence-corrected chi connectivity index (χ4v) is 3.12. The first-order valence-electron chi connectivity index (χ1n) is 7.87. The Labute approximate surface area is 129 Å². The molecule has 22 heavy (non-hydrogen) atoms. The molecule has 118 valence electrons. The number of carbonyl (C=O) groups excluding carboxylic acids is 1. The van der Waals surface area contributed by atoms with Gasteiger partial charge in [0.1, 0.15) is 11.0 Å². The monoisotopic (exact) mass is 303 g/mol. The van der Waals surface area contributed by atoms with E-state index in [-0.39, 0.29) is 12.0 Å². The molecule has 6 heteroatoms. The van der Waals surface area contributed by atoms with Crippen molar-refractivity contribution in [2.45, 2.75) is 45.2 Å². The first-order chi connectivity index (χ1) is 10.8. The van der Waals surface area contributed by atoms with Crippen molar-refractivity contribution >= 4 is 17.0 Å². The van der Waals surface area contributed by atoms with Gasteiger partial charge in [0.05, 0.1) is 13.0 Å². The van der Waals surface area contributed by atoms with Crippen molar-refractivity contribution in [1.29, 1.82) is 0 Å². The van der Waals surface area contributed by atoms with Gasteiger partial charge in [-0.1, -0.05) is 18.6 Å². The summed E-state index contributed by atoms with van der Waals surface area (Å²) in [6.07, 6.45) is 3.81. The highest BCUT2D eigenvalue weighted by Crippen LogP contribution is 2.24. The Hall–Kier alpha value is -1.95. The third kappa shape index (κ3) is 3.27. The van der Waals surface area contributed by atoms with E-state index in [0.717, 1.165) is 48.9 Å². The zero-order chi connectivity index (χ0) is 15.4. The second-order valence-electron chi connectivity index (χ2n) is 5.68. The second kappa shape index (κ2) is 6.87. The normalized spacial score (nSPS) is 19.4. The molecule has 1 fully saturated rings. The molecule has 2 heterocycles. The van der Waals surface area contributed by atoms with Gasteiger partial charge in [-0.25, -0.2) is 4.63 Å². The number of nitrogens with zero attached hydrogens (tertiary/aromatic N) is 3. The van der Waals surface area contributed by atoms with Gasteiger partial charge in [0.25, 0.3) is 0 Å². The van der Waals surface area contributed by atoms with E-state index in [1.165, 1.54) is 0 Å². The maximum atomic E-state index is 11.8. The molecule has 1 aromatic heterocycles. The van der Waals surface area contributed by atoms with E-state index in [0.29, 0.717) is 13.0 Å². The van der Waals surface area contributed by atoms with Crippen molar-refractivity contribution in [3.63, 3.8) is 0 Å². The summed E-state index contributed by atoms with van der Waals surface area (Å²) in [6, 6.07) is 6.14. The quantitative estimate of drug-likeness (QED) is 0.791. The zero-order valence-corrected chi connectivity index (χ0v) is 12.8. The van der Waals surface area contributed by atoms with Crippen LogP contribution >= 0.6 is 0 Å². The summed E-state index contributed by atoms with van der Waals surface area (Å²) >= 11 is 0. The number of ether oxygens (including phenoxy) is 1. The van der Waals surface area contributed by atoms with Crippen LogP contribution in [0, 0.1) is 0 Å². The second-order valence-corrected chi connectivity index (χ2v) is 5.68. The van der Waals surface area contributed by atoms with Gasteiger partial charge in [-0.05, 0) is 48.3 Å². The number of hydrogen-bond donors (Lipinski definition) is 0. The van der Waals surface area contributed by atoms with E-state index in [1.54, 1.807) is 0 Å². The van der Waals surface area contributed by atoms with Crippen molar-refractivity contribution in [3.8, 4) is 0 Å². The Morgan fingerprint density at radius 1 is 1.41 bits per heavy atom. The molecule has 0 saturated carbocycles. The molecule has 2 aromatic rings. The van der Waals surface area contributed by atoms with Gasteiger partial charge in [-0.3, -0.25) is 9.69 Å². The molecule has 0 bridgehead atoms. The molecule has 3 rings (SSSR count). The average molecular weight is 303 g/mol. The molecule has 0 amide bonds. The molecule has 1 atom stereocenters. The lowest BCUT2D eigenvalue weighted by Crippen LogP contribution is -2.40. The third-order valence-electron chi connectivity index (χ3n) is 4.20. The number of fused-ring (bicyclic) bond motifs is 1. The highest BCUT2D eigenvalue weighted by atomic mass is 16.6. The first-order valence-corrected chi connectivity index (χ1v) is 7.87. The van der Waals surface area contributed by atoms with Crippen LogP contribution in [0.1, 0.15) is 38.2 Å². The molecule has 1 saturated heterocycles. The maximum absolute atomic E-state index is 11.8. The number of carbonyl (C=O) groups is 1. The molecule has 0 radical (unpaired) electrons. The smallest absolute Gasteiger partial charge is 0.307 e. The van der Waals surface area contributed by atoms with Crippen LogP contribution in [-0.4, -0.2) is 40.4 Å². The summed E-state index contributed by atoms with van der Waals surface area (Å²) in [7, 11) is 0. The largest absolute Gasteiger partial charge is 0.466 e. The van der Waals surface area contributed by atoms with Crippen LogP contribution in [0.4, 0.5) is 0 Å². The van der Waals surface area contributed by atoms with Crippen molar-refractivity contribution in [2.75, 3.05) is 13.2 Å². The van der Waals surface area contributed by atoms with E-state index in [2.05, 4.69) is 15.2 Å². The number of benzene rings is 1. The van der Waals surface area contributed by atoms with Crippen LogP contribution in [0.5, 0.6) is 0 Å². The van der Waals surface area contributed by atoms with Crippen LogP contribution in [0.2, 0.25) is 0 Å². The van der Waals surface area contributed by atoms with Crippen LogP contribution in [0.3, 0.4) is 0 Å². The summed E-state index contributed by atoms with van der Waals surface area (Å²) in [5, 5.41) is 7.88. The van der Waals surface area contributed by atoms with E-state index in [4.69, 9.17) is 9.37 Å². The highest BCUT2D eigenvalue weighted by molar-refractivity contribution is 5.76. The summed E-state index contributed by atoms with van der Waals surface area (Å²) in [6.45, 7) is 4.03. The molecule has 0 N–H and O–H groups in total. The van der Waals surface area contributed by atoms with Gasteiger partial charge in [0.15, 0.2) is 0 Å². The molecule has 6 nitrogen and oxygen atoms in total. The third-order valence-corrected chi connectivity index (χ3v) is 4.20. The van der Waals surface area contributed by atoms with Gasteiger partial charge < -0.3 is 4.74 Å². The van der Waals surface area contributed by atoms with E-state index in [1.807, 2.05) is 25.1 Å². The summed E-state index contributed by atoms with van der Waals surface area (Å²) in [5.41, 5.74) is 2.67. The minimum absolute atomic E-state index is 0.110. The predicted octanol–water partition coefficient (Wildman–Crippen LogP) is 2.53. The topological polar surface area (TPSA) is 68.5 Å². The Balaban J connectivity index is 1.73. The predicted molar refractivity (Wildman–Crippen MR) is 81.1 cm³/mol. The average Bonchev–Trinajstić information content (AvgIpc) is 2.99. The number of esters is 1. The van der Waals surface area contributed by atoms with Crippen LogP contribution in [0.15, 0.2) is 22.8 Å². The Kier molecular flexibility index (Phi) is 4.68. The van der Waals surface area contributed by atoms with Crippen LogP contribution in [0.25, 0.3) is 11.0 Å². The molecular weight excluding hydrogens is 282 g/mol. The van der Waals surface area contributed by atoms with E-state index >= 15 is 0 Å². The van der Waals surface area contributed by atoms with Gasteiger partial charge in [0.2, 0.25) is 0 Å². The fourth-order valence-electron chi connectivity index (χ4n) is 3.12. The number of rotatable bonds is 5. The summed E-state index contributed by atoms with van der Waals surface area (Å²) < 4.78 is 9.92. The van der Waals surface area contributed by atoms with Crippen molar-refractivity contribution < 1.29 is 14.2 Å². The van der Waals surface area contributed by atoms with Crippen molar-refractivity contribution in [3.05, 3.63) is 23.8 Å². The highest BCUT2D eigenvalue weighted by Gasteiger charge is 2.26. The van der Waals surface area contributed by atoms with E-state index < -0.39 is 0 Å². The lowest BCUT2D eigenvalue weighted by atomic mass is 9.98. The van der Waals surface area contributed by atoms with Crippen LogP contribution < -0.4 is 0 Å². The standard InChI is InChI=1S/C16H21N3O3/c1-2-21-15(20)10-13-7-3-4-9-19(13)11-12-6-5-8-14-16(12)18-22-17-14/h5-6,8,13H,2-4,7,9-11H2,1H3. The minimum atomic E-state index is -0.110. The molecule has 1 aromatic carbocycles. The molecule has 0 spiro atoms. The summed E-state index contributed by atoms with van der Waals surface area (Å²) in [4.78, 5) is 14.1. The number of hydrogen-bond acceptors (Lipinski definition) is 6. The van der Waals surface area contributed by atoms with Crippen LogP contribution in [-0.2, 0) is 16.1 Å². The minimum Gasteiger partial charge on any atom is -0.466 e. The molecule has 1 aliphatic heterocycles. The maximum Gasteiger partial charge on any atom is 0.307 e. The molecule has 1 aliphatic rings. The van der Waals surface area contributed by atoms with Gasteiger partial charge in [-0.2, -0.15) is 0 Å². The van der Waals surface area contributed by atoms with Gasteiger partial charge in [0, 0.05) is 12.6 Å². The molecule has 1 unspecified atom stereocenters. The Morgan fingerprint density at radius 2 is 2.32 bits per heavy atom. The van der Waals surface area contributed by atoms with Gasteiger partial charge >= 0.3 is 5.97 Å². The number of piperidine rings is 1. The summed E-state index contributed by atoms with van der Waals surface area (Å²) in [5.74, 6) is -0.110. The number of likely N-dealkylation sites (tertiary alicyclic amines) is 1. The SMILES string of the molecule is CCOC(=O)CC1CCCCN1Cc1cccc2nonc12. The number of aromatic nitrogens is 2. The van der Waals surface area contributed by atoms with Gasteiger partial charge in [-0.15, -0.1) is 0 Å². The lowest BCUT2D eigenvalue weighted by Gasteiger charge is -2.35. The molecular formula is C16H21N3O3.